The topological polar surface area (TPSA) is 197 Å². The van der Waals surface area contributed by atoms with Gasteiger partial charge in [-0.1, -0.05) is 23.7 Å². The van der Waals surface area contributed by atoms with Crippen LogP contribution in [0.2, 0.25) is 5.02 Å². The van der Waals surface area contributed by atoms with Gasteiger partial charge in [-0.25, -0.2) is 8.42 Å². The van der Waals surface area contributed by atoms with E-state index in [-0.39, 0.29) is 36.8 Å². The number of amides is 2. The number of hydrazine groups is 1. The number of carboxylic acid groups (broad SMARTS) is 1. The molecular weight excluding hydrogens is 538 g/mol. The van der Waals surface area contributed by atoms with Gasteiger partial charge in [0, 0.05) is 17.5 Å². The van der Waals surface area contributed by atoms with Crippen LogP contribution >= 0.6 is 11.6 Å². The highest BCUT2D eigenvalue weighted by molar-refractivity contribution is 7.89. The van der Waals surface area contributed by atoms with Gasteiger partial charge in [-0.3, -0.25) is 25.7 Å². The van der Waals surface area contributed by atoms with Gasteiger partial charge in [-0.05, 0) is 61.7 Å². The zero-order valence-electron chi connectivity index (χ0n) is 21.1. The highest BCUT2D eigenvalue weighted by Crippen LogP contribution is 2.24. The van der Waals surface area contributed by atoms with Gasteiger partial charge in [-0.2, -0.15) is 0 Å². The maximum atomic E-state index is 12.9. The number of aryl methyl sites for hydroxylation is 2. The van der Waals surface area contributed by atoms with Gasteiger partial charge in [0.2, 0.25) is 5.91 Å². The molecule has 1 aliphatic rings. The number of rotatable bonds is 8. The average molecular weight is 568 g/mol. The summed E-state index contributed by atoms with van der Waals surface area (Å²) in [5.41, 5.74) is 8.07. The first-order valence-corrected chi connectivity index (χ1v) is 13.2. The number of nitrogens with zero attached hydrogens (tertiary/aromatic N) is 1. The molecule has 1 atom stereocenters. The first-order valence-electron chi connectivity index (χ1n) is 11.3. The average Bonchev–Trinajstić information content (AvgIpc) is 2.82. The van der Waals surface area contributed by atoms with Gasteiger partial charge in [0.15, 0.2) is 0 Å². The lowest BCUT2D eigenvalue weighted by molar-refractivity contribution is -0.302. The maximum absolute atomic E-state index is 12.9. The minimum atomic E-state index is -4.05. The Labute approximate surface area is 225 Å². The van der Waals surface area contributed by atoms with Crippen molar-refractivity contribution in [1.82, 2.24) is 15.2 Å². The molecule has 2 aromatic rings. The molecule has 0 radical (unpaired) electrons. The Morgan fingerprint density at radius 1 is 1.21 bits per heavy atom. The number of sulfonamides is 1. The molecule has 1 saturated heterocycles. The first kappa shape index (κ1) is 30.7. The number of ether oxygens (including phenoxy) is 1. The maximum Gasteiger partial charge on any atom is 0.270 e. The number of nitrogens with one attached hydrogen (secondary N) is 2. The standard InChI is InChI=1S/C22H26ClN5O5S.C2H4O2/c1-13-10-19(14(2)9-17(13)23)34(31,32)27-28-7-8-33-18(22(28)30)11-20(29)26-12-15-3-5-16(6-4-15)21(24)25;1-2(3)4/h3-6,9-10,18,27H,7-8,11-12H2,1-2H3,(H3,24,25)(H,26,29);1H3,(H,3,4)/t18-;/m0./s1. The number of hydrogen-bond donors (Lipinski definition) is 4. The van der Waals surface area contributed by atoms with E-state index >= 15 is 0 Å². The summed E-state index contributed by atoms with van der Waals surface area (Å²) in [6, 6.07) is 10.0. The van der Waals surface area contributed by atoms with Crippen molar-refractivity contribution in [2.75, 3.05) is 13.2 Å². The highest BCUT2D eigenvalue weighted by Gasteiger charge is 2.34. The summed E-state index contributed by atoms with van der Waals surface area (Å²) in [6.07, 6.45) is -1.36. The number of carboxylic acids is 1. The van der Waals surface area contributed by atoms with Crippen LogP contribution in [0.15, 0.2) is 41.3 Å². The Kier molecular flexibility index (Phi) is 10.8. The molecular formula is C24H30ClN5O7S. The summed E-state index contributed by atoms with van der Waals surface area (Å²) in [5.74, 6) is -1.95. The number of amidine groups is 1. The SMILES string of the molecule is CC(=O)[O-].Cc1cc(S(=O)(=O)NN2CCO[C@@H](CC(=O)NCc3ccc(C(N)=[NH2+])cc3)C2=O)c(C)cc1Cl. The number of carbonyl (C=O) groups is 3. The molecule has 6 N–H and O–H groups in total. The van der Waals surface area contributed by atoms with E-state index in [9.17, 15) is 18.0 Å². The fraction of sp³-hybridized carbons (Fsp3) is 0.333. The smallest absolute Gasteiger partial charge is 0.270 e. The van der Waals surface area contributed by atoms with E-state index in [1.54, 1.807) is 44.2 Å². The monoisotopic (exact) mass is 567 g/mol. The summed E-state index contributed by atoms with van der Waals surface area (Å²) < 4.78 is 31.2. The van der Waals surface area contributed by atoms with Crippen LogP contribution in [0.5, 0.6) is 0 Å². The highest BCUT2D eigenvalue weighted by atomic mass is 35.5. The molecule has 3 rings (SSSR count). The van der Waals surface area contributed by atoms with Crippen molar-refractivity contribution in [2.45, 2.75) is 44.7 Å². The molecule has 12 nitrogen and oxygen atoms in total. The zero-order chi connectivity index (χ0) is 28.6. The van der Waals surface area contributed by atoms with E-state index in [4.69, 9.17) is 37.4 Å². The number of carbonyl (C=O) groups excluding carboxylic acids is 3. The third kappa shape index (κ3) is 8.80. The van der Waals surface area contributed by atoms with Crippen LogP contribution in [0, 0.1) is 13.8 Å². The van der Waals surface area contributed by atoms with E-state index in [2.05, 4.69) is 10.1 Å². The first-order chi connectivity index (χ1) is 17.7. The van der Waals surface area contributed by atoms with Gasteiger partial charge < -0.3 is 20.0 Å². The van der Waals surface area contributed by atoms with Crippen LogP contribution in [0.4, 0.5) is 0 Å². The number of hydrogen-bond acceptors (Lipinski definition) is 7. The quantitative estimate of drug-likeness (QED) is 0.214. The molecule has 1 aliphatic heterocycles. The predicted octanol–water partition coefficient (Wildman–Crippen LogP) is -1.70. The van der Waals surface area contributed by atoms with Gasteiger partial charge in [0.1, 0.15) is 6.10 Å². The Balaban J connectivity index is 0.00000118. The molecule has 0 aliphatic carbocycles. The number of nitrogens with two attached hydrogens (primary N) is 2. The molecule has 2 aromatic carbocycles. The van der Waals surface area contributed by atoms with Crippen molar-refractivity contribution in [2.24, 2.45) is 5.73 Å². The molecule has 0 saturated carbocycles. The minimum absolute atomic E-state index is 0.00937. The normalized spacial score (nSPS) is 15.3. The lowest BCUT2D eigenvalue weighted by Gasteiger charge is -2.32. The number of benzene rings is 2. The molecule has 38 heavy (non-hydrogen) atoms. The zero-order valence-corrected chi connectivity index (χ0v) is 22.7. The summed E-state index contributed by atoms with van der Waals surface area (Å²) >= 11 is 6.06. The molecule has 0 spiro atoms. The minimum Gasteiger partial charge on any atom is -0.550 e. The Hall–Kier alpha value is -3.52. The fourth-order valence-corrected chi connectivity index (χ4v) is 4.98. The van der Waals surface area contributed by atoms with Crippen molar-refractivity contribution in [3.05, 3.63) is 63.7 Å². The van der Waals surface area contributed by atoms with Gasteiger partial charge in [-0.15, -0.1) is 4.83 Å². The van der Waals surface area contributed by atoms with Crippen LogP contribution in [0.25, 0.3) is 0 Å². The van der Waals surface area contributed by atoms with Crippen LogP contribution < -0.4 is 26.4 Å². The number of aliphatic carboxylic acids is 1. The second-order valence-electron chi connectivity index (χ2n) is 8.44. The Morgan fingerprint density at radius 3 is 2.39 bits per heavy atom. The van der Waals surface area contributed by atoms with E-state index in [0.29, 0.717) is 21.7 Å². The molecule has 1 heterocycles. The number of morpholine rings is 1. The van der Waals surface area contributed by atoms with E-state index < -0.39 is 33.9 Å². The summed E-state index contributed by atoms with van der Waals surface area (Å²) in [4.78, 5) is 36.4. The molecule has 206 valence electrons. The van der Waals surface area contributed by atoms with Crippen LogP contribution in [0.3, 0.4) is 0 Å². The second kappa shape index (κ2) is 13.3. The van der Waals surface area contributed by atoms with E-state index in [1.165, 1.54) is 6.07 Å². The number of halogens is 1. The molecule has 1 fully saturated rings. The fourth-order valence-electron chi connectivity index (χ4n) is 3.37. The molecule has 0 aromatic heterocycles. The van der Waals surface area contributed by atoms with Crippen molar-refractivity contribution in [1.29, 1.82) is 0 Å². The van der Waals surface area contributed by atoms with Gasteiger partial charge >= 0.3 is 0 Å². The summed E-state index contributed by atoms with van der Waals surface area (Å²) in [6.45, 7) is 4.59. The molecule has 14 heteroatoms. The van der Waals surface area contributed by atoms with E-state index in [1.807, 2.05) is 0 Å². The van der Waals surface area contributed by atoms with Gasteiger partial charge in [0.05, 0.1) is 30.0 Å². The Bertz CT molecular complexity index is 1310. The van der Waals surface area contributed by atoms with Crippen LogP contribution in [-0.2, 0) is 35.7 Å². The lowest BCUT2D eigenvalue weighted by Crippen LogP contribution is -2.56. The third-order valence-corrected chi connectivity index (χ3v) is 7.19. The van der Waals surface area contributed by atoms with Crippen LogP contribution in [0.1, 0.15) is 35.6 Å². The lowest BCUT2D eigenvalue weighted by atomic mass is 10.1. The van der Waals surface area contributed by atoms with Crippen molar-refractivity contribution in [3.8, 4) is 0 Å². The largest absolute Gasteiger partial charge is 0.550 e. The van der Waals surface area contributed by atoms with Crippen molar-refractivity contribution >= 4 is 45.2 Å². The van der Waals surface area contributed by atoms with Crippen molar-refractivity contribution in [3.63, 3.8) is 0 Å². The second-order valence-corrected chi connectivity index (χ2v) is 10.5. The summed E-state index contributed by atoms with van der Waals surface area (Å²) in [7, 11) is -4.05. The van der Waals surface area contributed by atoms with Crippen molar-refractivity contribution < 1.29 is 38.1 Å². The third-order valence-electron chi connectivity index (χ3n) is 5.30. The Morgan fingerprint density at radius 2 is 1.82 bits per heavy atom. The molecule has 0 unspecified atom stereocenters. The molecule has 2 amide bonds. The van der Waals surface area contributed by atoms with Gasteiger partial charge in [0.25, 0.3) is 21.8 Å². The summed E-state index contributed by atoms with van der Waals surface area (Å²) in [5, 5.41) is 18.5. The predicted molar refractivity (Wildman–Crippen MR) is 137 cm³/mol. The van der Waals surface area contributed by atoms with Crippen LogP contribution in [-0.4, -0.2) is 56.3 Å². The van der Waals surface area contributed by atoms with E-state index in [0.717, 1.165) is 17.5 Å². The molecule has 0 bridgehead atoms.